The number of amides is 2. The van der Waals surface area contributed by atoms with Crippen LogP contribution >= 0.6 is 0 Å². The van der Waals surface area contributed by atoms with Gasteiger partial charge in [-0.25, -0.2) is 0 Å². The molecule has 2 aliphatic rings. The molecule has 6 heteroatoms. The van der Waals surface area contributed by atoms with Crippen molar-refractivity contribution in [2.24, 2.45) is 5.92 Å². The van der Waals surface area contributed by atoms with Crippen LogP contribution in [0.5, 0.6) is 0 Å². The van der Waals surface area contributed by atoms with Gasteiger partial charge in [-0.15, -0.1) is 0 Å². The predicted molar refractivity (Wildman–Crippen MR) is 80.3 cm³/mol. The third kappa shape index (κ3) is 3.27. The molecule has 0 bridgehead atoms. The van der Waals surface area contributed by atoms with Crippen molar-refractivity contribution < 1.29 is 14.3 Å². The van der Waals surface area contributed by atoms with Crippen molar-refractivity contribution in [3.63, 3.8) is 0 Å². The van der Waals surface area contributed by atoms with Gasteiger partial charge in [0.1, 0.15) is 0 Å². The first kappa shape index (κ1) is 15.0. The maximum absolute atomic E-state index is 12.6. The maximum atomic E-state index is 12.6. The van der Waals surface area contributed by atoms with Crippen LogP contribution in [-0.4, -0.2) is 66.0 Å². The minimum Gasteiger partial charge on any atom is -0.378 e. The maximum Gasteiger partial charge on any atom is 0.253 e. The molecule has 0 aromatic carbocycles. The summed E-state index contributed by atoms with van der Waals surface area (Å²) >= 11 is 0. The third-order valence-electron chi connectivity index (χ3n) is 4.31. The zero-order chi connectivity index (χ0) is 15.4. The molecule has 3 heterocycles. The monoisotopic (exact) mass is 303 g/mol. The number of pyridine rings is 1. The Bertz CT molecular complexity index is 529. The molecular formula is C16H21N3O3. The molecule has 1 unspecified atom stereocenters. The van der Waals surface area contributed by atoms with Crippen LogP contribution in [0.2, 0.25) is 0 Å². The molecule has 0 spiro atoms. The van der Waals surface area contributed by atoms with Crippen LogP contribution < -0.4 is 0 Å². The van der Waals surface area contributed by atoms with E-state index in [0.717, 1.165) is 12.8 Å². The standard InChI is InChI=1S/C16H21N3O3/c20-15(13-3-5-17-6-4-13)19-7-1-2-14(12-19)16(21)18-8-10-22-11-9-18/h3-6,14H,1-2,7-12H2. The van der Waals surface area contributed by atoms with Crippen molar-refractivity contribution in [3.8, 4) is 0 Å². The second-order valence-electron chi connectivity index (χ2n) is 5.76. The molecule has 2 amide bonds. The lowest BCUT2D eigenvalue weighted by atomic mass is 9.95. The Labute approximate surface area is 130 Å². The molecule has 1 aromatic heterocycles. The van der Waals surface area contributed by atoms with Gasteiger partial charge in [-0.1, -0.05) is 0 Å². The van der Waals surface area contributed by atoms with Crippen LogP contribution in [-0.2, 0) is 9.53 Å². The summed E-state index contributed by atoms with van der Waals surface area (Å²) in [6.07, 6.45) is 4.97. The van der Waals surface area contributed by atoms with Crippen LogP contribution in [0, 0.1) is 5.92 Å². The lowest BCUT2D eigenvalue weighted by Crippen LogP contribution is -2.49. The van der Waals surface area contributed by atoms with Crippen LogP contribution in [0.4, 0.5) is 0 Å². The molecule has 2 saturated heterocycles. The summed E-state index contributed by atoms with van der Waals surface area (Å²) in [5.41, 5.74) is 0.634. The summed E-state index contributed by atoms with van der Waals surface area (Å²) in [6.45, 7) is 3.77. The Balaban J connectivity index is 1.63. The molecule has 2 aliphatic heterocycles. The van der Waals surface area contributed by atoms with Gasteiger partial charge in [0.05, 0.1) is 19.1 Å². The molecule has 1 atom stereocenters. The Morgan fingerprint density at radius 3 is 2.55 bits per heavy atom. The quantitative estimate of drug-likeness (QED) is 0.810. The largest absolute Gasteiger partial charge is 0.378 e. The summed E-state index contributed by atoms with van der Waals surface area (Å²) in [7, 11) is 0. The molecule has 118 valence electrons. The fourth-order valence-corrected chi connectivity index (χ4v) is 3.08. The van der Waals surface area contributed by atoms with Crippen molar-refractivity contribution in [2.75, 3.05) is 39.4 Å². The summed E-state index contributed by atoms with van der Waals surface area (Å²) in [4.78, 5) is 32.7. The minimum atomic E-state index is -0.0855. The first-order valence-corrected chi connectivity index (χ1v) is 7.81. The van der Waals surface area contributed by atoms with Gasteiger partial charge >= 0.3 is 0 Å². The highest BCUT2D eigenvalue weighted by atomic mass is 16.5. The number of aromatic nitrogens is 1. The smallest absolute Gasteiger partial charge is 0.253 e. The summed E-state index contributed by atoms with van der Waals surface area (Å²) in [5.74, 6) is 0.0649. The highest BCUT2D eigenvalue weighted by Crippen LogP contribution is 2.21. The first-order valence-electron chi connectivity index (χ1n) is 7.81. The molecule has 0 N–H and O–H groups in total. The lowest BCUT2D eigenvalue weighted by molar-refractivity contribution is -0.141. The second-order valence-corrected chi connectivity index (χ2v) is 5.76. The van der Waals surface area contributed by atoms with E-state index < -0.39 is 0 Å². The van der Waals surface area contributed by atoms with Crippen molar-refractivity contribution in [1.82, 2.24) is 14.8 Å². The number of hydrogen-bond acceptors (Lipinski definition) is 4. The van der Waals surface area contributed by atoms with Gasteiger partial charge < -0.3 is 14.5 Å². The van der Waals surface area contributed by atoms with Crippen molar-refractivity contribution in [3.05, 3.63) is 30.1 Å². The molecule has 0 radical (unpaired) electrons. The number of piperidine rings is 1. The topological polar surface area (TPSA) is 62.7 Å². The zero-order valence-corrected chi connectivity index (χ0v) is 12.6. The molecule has 22 heavy (non-hydrogen) atoms. The second kappa shape index (κ2) is 6.87. The zero-order valence-electron chi connectivity index (χ0n) is 12.6. The Kier molecular flexibility index (Phi) is 4.68. The number of carbonyl (C=O) groups excluding carboxylic acids is 2. The molecule has 2 fully saturated rings. The minimum absolute atomic E-state index is 0.0122. The van der Waals surface area contributed by atoms with E-state index in [1.807, 2.05) is 4.90 Å². The van der Waals surface area contributed by atoms with Crippen molar-refractivity contribution >= 4 is 11.8 Å². The van der Waals surface area contributed by atoms with Gasteiger partial charge in [-0.3, -0.25) is 14.6 Å². The number of ether oxygens (including phenoxy) is 1. The first-order chi connectivity index (χ1) is 10.8. The van der Waals surface area contributed by atoms with Gasteiger partial charge in [-0.2, -0.15) is 0 Å². The van der Waals surface area contributed by atoms with Crippen molar-refractivity contribution in [1.29, 1.82) is 0 Å². The molecular weight excluding hydrogens is 282 g/mol. The normalized spacial score (nSPS) is 22.5. The van der Waals surface area contributed by atoms with Gasteiger partial charge in [0.15, 0.2) is 0 Å². The molecule has 0 saturated carbocycles. The predicted octanol–water partition coefficient (Wildman–Crippen LogP) is 0.793. The van der Waals surface area contributed by atoms with Crippen LogP contribution in [0.25, 0.3) is 0 Å². The van der Waals surface area contributed by atoms with E-state index >= 15 is 0 Å². The fraction of sp³-hybridized carbons (Fsp3) is 0.562. The molecule has 6 nitrogen and oxygen atoms in total. The summed E-state index contributed by atoms with van der Waals surface area (Å²) in [5, 5.41) is 0. The van der Waals surface area contributed by atoms with Crippen LogP contribution in [0.3, 0.4) is 0 Å². The molecule has 3 rings (SSSR count). The van der Waals surface area contributed by atoms with E-state index in [2.05, 4.69) is 4.98 Å². The van der Waals surface area contributed by atoms with Gasteiger partial charge in [-0.05, 0) is 25.0 Å². The average molecular weight is 303 g/mol. The Morgan fingerprint density at radius 1 is 1.09 bits per heavy atom. The van der Waals surface area contributed by atoms with Crippen LogP contribution in [0.1, 0.15) is 23.2 Å². The van der Waals surface area contributed by atoms with Crippen molar-refractivity contribution in [2.45, 2.75) is 12.8 Å². The van der Waals surface area contributed by atoms with E-state index in [4.69, 9.17) is 4.74 Å². The van der Waals surface area contributed by atoms with Gasteiger partial charge in [0, 0.05) is 44.1 Å². The number of hydrogen-bond donors (Lipinski definition) is 0. The lowest BCUT2D eigenvalue weighted by Gasteiger charge is -2.36. The molecule has 1 aromatic rings. The highest BCUT2D eigenvalue weighted by molar-refractivity contribution is 5.94. The van der Waals surface area contributed by atoms with E-state index in [1.165, 1.54) is 0 Å². The fourth-order valence-electron chi connectivity index (χ4n) is 3.08. The van der Waals surface area contributed by atoms with E-state index in [1.54, 1.807) is 29.4 Å². The average Bonchev–Trinajstić information content (AvgIpc) is 2.62. The number of morpholine rings is 1. The van der Waals surface area contributed by atoms with Gasteiger partial charge in [0.2, 0.25) is 5.91 Å². The number of rotatable bonds is 2. The number of likely N-dealkylation sites (tertiary alicyclic amines) is 1. The Morgan fingerprint density at radius 2 is 1.82 bits per heavy atom. The summed E-state index contributed by atoms with van der Waals surface area (Å²) < 4.78 is 5.29. The molecule has 0 aliphatic carbocycles. The Hall–Kier alpha value is -1.95. The number of nitrogens with zero attached hydrogens (tertiary/aromatic N) is 3. The summed E-state index contributed by atoms with van der Waals surface area (Å²) in [6, 6.07) is 3.44. The number of carbonyl (C=O) groups is 2. The highest BCUT2D eigenvalue weighted by Gasteiger charge is 2.32. The third-order valence-corrected chi connectivity index (χ3v) is 4.31. The van der Waals surface area contributed by atoms with Gasteiger partial charge in [0.25, 0.3) is 5.91 Å². The van der Waals surface area contributed by atoms with E-state index in [9.17, 15) is 9.59 Å². The van der Waals surface area contributed by atoms with E-state index in [0.29, 0.717) is 45.0 Å². The van der Waals surface area contributed by atoms with Crippen LogP contribution in [0.15, 0.2) is 24.5 Å². The SMILES string of the molecule is O=C(c1ccncc1)N1CCCC(C(=O)N2CCOCC2)C1. The van der Waals surface area contributed by atoms with E-state index in [-0.39, 0.29) is 17.7 Å².